The zero-order valence-electron chi connectivity index (χ0n) is 6.46. The molecule has 0 radical (unpaired) electrons. The van der Waals surface area contributed by atoms with Crippen molar-refractivity contribution in [2.45, 2.75) is 0 Å². The highest BCUT2D eigenvalue weighted by atomic mass is 35.5. The summed E-state index contributed by atoms with van der Waals surface area (Å²) in [6.45, 7) is 0. The number of nitrogens with two attached hydrogens (primary N) is 1. The molecule has 0 aliphatic rings. The number of nitrogen functional groups attached to an aromatic ring is 1. The van der Waals surface area contributed by atoms with Gasteiger partial charge in [-0.2, -0.15) is 0 Å². The van der Waals surface area contributed by atoms with Crippen LogP contribution in [0, 0.1) is 0 Å². The van der Waals surface area contributed by atoms with Crippen LogP contribution in [0.3, 0.4) is 0 Å². The Morgan fingerprint density at radius 3 is 2.62 bits per heavy atom. The molecule has 1 aromatic carbocycles. The van der Waals surface area contributed by atoms with Gasteiger partial charge in [0.05, 0.1) is 21.2 Å². The first-order valence-corrected chi connectivity index (χ1v) is 4.30. The fourth-order valence-corrected chi connectivity index (χ4v) is 1.43. The summed E-state index contributed by atoms with van der Waals surface area (Å²) < 4.78 is 0. The first-order valence-electron chi connectivity index (χ1n) is 3.54. The lowest BCUT2D eigenvalue weighted by molar-refractivity contribution is 1.30. The minimum Gasteiger partial charge on any atom is -0.396 e. The molecule has 0 aliphatic carbocycles. The van der Waals surface area contributed by atoms with Gasteiger partial charge in [-0.25, -0.2) is 0 Å². The highest BCUT2D eigenvalue weighted by molar-refractivity contribution is 6.44. The van der Waals surface area contributed by atoms with Gasteiger partial charge in [0, 0.05) is 12.4 Å². The van der Waals surface area contributed by atoms with E-state index in [4.69, 9.17) is 28.9 Å². The van der Waals surface area contributed by atoms with E-state index >= 15 is 0 Å². The molecule has 0 amide bonds. The molecule has 5 heteroatoms. The quantitative estimate of drug-likeness (QED) is 0.685. The van der Waals surface area contributed by atoms with Crippen molar-refractivity contribution in [3.8, 4) is 0 Å². The highest BCUT2D eigenvalue weighted by Crippen LogP contribution is 2.32. The summed E-state index contributed by atoms with van der Waals surface area (Å²) in [6, 6.07) is 1.64. The Hall–Kier alpha value is -1.06. The van der Waals surface area contributed by atoms with E-state index in [1.165, 1.54) is 0 Å². The van der Waals surface area contributed by atoms with E-state index in [9.17, 15) is 0 Å². The summed E-state index contributed by atoms with van der Waals surface area (Å²) in [5, 5.41) is 0.724. The summed E-state index contributed by atoms with van der Waals surface area (Å²) >= 11 is 11.6. The van der Waals surface area contributed by atoms with Gasteiger partial charge in [-0.15, -0.1) is 0 Å². The van der Waals surface area contributed by atoms with Crippen molar-refractivity contribution in [3.05, 3.63) is 28.5 Å². The molecule has 0 aliphatic heterocycles. The predicted molar refractivity (Wildman–Crippen MR) is 54.0 cm³/mol. The van der Waals surface area contributed by atoms with E-state index < -0.39 is 0 Å². The van der Waals surface area contributed by atoms with Crippen molar-refractivity contribution < 1.29 is 0 Å². The van der Waals surface area contributed by atoms with Gasteiger partial charge in [-0.1, -0.05) is 23.2 Å². The molecule has 0 bridgehead atoms. The third kappa shape index (κ3) is 1.30. The van der Waals surface area contributed by atoms with Gasteiger partial charge in [-0.3, -0.25) is 9.97 Å². The van der Waals surface area contributed by atoms with Gasteiger partial charge in [0.2, 0.25) is 0 Å². The second-order valence-corrected chi connectivity index (χ2v) is 3.30. The topological polar surface area (TPSA) is 51.8 Å². The first kappa shape index (κ1) is 8.53. The van der Waals surface area contributed by atoms with Crippen LogP contribution >= 0.6 is 23.2 Å². The Balaban J connectivity index is 2.94. The van der Waals surface area contributed by atoms with Crippen LogP contribution in [0.4, 0.5) is 5.69 Å². The SMILES string of the molecule is Nc1c(Cl)c(Cl)cc2nccnc12. The lowest BCUT2D eigenvalue weighted by Gasteiger charge is -2.03. The average Bonchev–Trinajstić information content (AvgIpc) is 2.15. The molecule has 2 rings (SSSR count). The molecule has 0 fully saturated rings. The Bertz CT molecular complexity index is 470. The van der Waals surface area contributed by atoms with Crippen molar-refractivity contribution >= 4 is 39.9 Å². The lowest BCUT2D eigenvalue weighted by atomic mass is 10.2. The summed E-state index contributed by atoms with van der Waals surface area (Å²) in [4.78, 5) is 8.11. The van der Waals surface area contributed by atoms with E-state index in [1.807, 2.05) is 0 Å². The number of benzene rings is 1. The fraction of sp³-hybridized carbons (Fsp3) is 0. The van der Waals surface area contributed by atoms with Crippen LogP contribution < -0.4 is 5.73 Å². The molecule has 2 N–H and O–H groups in total. The maximum Gasteiger partial charge on any atom is 0.113 e. The maximum absolute atomic E-state index is 5.83. The van der Waals surface area contributed by atoms with E-state index in [0.29, 0.717) is 26.8 Å². The van der Waals surface area contributed by atoms with E-state index in [1.54, 1.807) is 18.5 Å². The number of fused-ring (bicyclic) bond motifs is 1. The first-order chi connectivity index (χ1) is 6.20. The van der Waals surface area contributed by atoms with Crippen molar-refractivity contribution in [1.82, 2.24) is 9.97 Å². The van der Waals surface area contributed by atoms with Crippen LogP contribution in [-0.4, -0.2) is 9.97 Å². The fourth-order valence-electron chi connectivity index (χ4n) is 1.08. The molecule has 2 aromatic rings. The van der Waals surface area contributed by atoms with E-state index in [-0.39, 0.29) is 0 Å². The molecule has 13 heavy (non-hydrogen) atoms. The number of nitrogens with zero attached hydrogens (tertiary/aromatic N) is 2. The summed E-state index contributed by atoms with van der Waals surface area (Å²) in [6.07, 6.45) is 3.13. The smallest absolute Gasteiger partial charge is 0.113 e. The van der Waals surface area contributed by atoms with Crippen LogP contribution in [0.25, 0.3) is 11.0 Å². The normalized spacial score (nSPS) is 10.6. The molecule has 0 saturated carbocycles. The molecule has 1 aromatic heterocycles. The Morgan fingerprint density at radius 1 is 1.15 bits per heavy atom. The van der Waals surface area contributed by atoms with Gasteiger partial charge in [0.1, 0.15) is 5.52 Å². The second kappa shape index (κ2) is 3.01. The number of anilines is 1. The Morgan fingerprint density at radius 2 is 1.85 bits per heavy atom. The van der Waals surface area contributed by atoms with Gasteiger partial charge in [0.25, 0.3) is 0 Å². The predicted octanol–water partition coefficient (Wildman–Crippen LogP) is 2.52. The molecular weight excluding hydrogens is 209 g/mol. The van der Waals surface area contributed by atoms with Crippen LogP contribution in [-0.2, 0) is 0 Å². The van der Waals surface area contributed by atoms with Crippen molar-refractivity contribution in [2.75, 3.05) is 5.73 Å². The molecule has 66 valence electrons. The highest BCUT2D eigenvalue weighted by Gasteiger charge is 2.08. The minimum atomic E-state index is 0.328. The third-order valence-corrected chi connectivity index (χ3v) is 2.49. The minimum absolute atomic E-state index is 0.328. The summed E-state index contributed by atoms with van der Waals surface area (Å²) in [7, 11) is 0. The average molecular weight is 214 g/mol. The molecule has 3 nitrogen and oxygen atoms in total. The van der Waals surface area contributed by atoms with Gasteiger partial charge in [-0.05, 0) is 6.07 Å². The van der Waals surface area contributed by atoms with Gasteiger partial charge in [0.15, 0.2) is 0 Å². The Kier molecular flexibility index (Phi) is 1.98. The standard InChI is InChI=1S/C8H5Cl2N3/c9-4-3-5-8(7(11)6(4)10)13-2-1-12-5/h1-3H,11H2. The van der Waals surface area contributed by atoms with Crippen molar-refractivity contribution in [3.63, 3.8) is 0 Å². The van der Waals surface area contributed by atoms with Crippen LogP contribution in [0.5, 0.6) is 0 Å². The van der Waals surface area contributed by atoms with Gasteiger partial charge >= 0.3 is 0 Å². The molecule has 0 spiro atoms. The maximum atomic E-state index is 5.83. The second-order valence-electron chi connectivity index (χ2n) is 2.51. The van der Waals surface area contributed by atoms with Crippen LogP contribution in [0.1, 0.15) is 0 Å². The molecule has 1 heterocycles. The molecular formula is C8H5Cl2N3. The van der Waals surface area contributed by atoms with Gasteiger partial charge < -0.3 is 5.73 Å². The van der Waals surface area contributed by atoms with Crippen LogP contribution in [0.15, 0.2) is 18.5 Å². The Labute approximate surface area is 84.5 Å². The number of halogens is 2. The zero-order chi connectivity index (χ0) is 9.42. The molecule has 0 saturated heterocycles. The van der Waals surface area contributed by atoms with Crippen LogP contribution in [0.2, 0.25) is 10.0 Å². The monoisotopic (exact) mass is 213 g/mol. The van der Waals surface area contributed by atoms with E-state index in [2.05, 4.69) is 9.97 Å². The largest absolute Gasteiger partial charge is 0.396 e. The van der Waals surface area contributed by atoms with Crippen molar-refractivity contribution in [1.29, 1.82) is 0 Å². The number of aromatic nitrogens is 2. The number of hydrogen-bond acceptors (Lipinski definition) is 3. The van der Waals surface area contributed by atoms with E-state index in [0.717, 1.165) is 0 Å². The zero-order valence-corrected chi connectivity index (χ0v) is 7.97. The third-order valence-electron chi connectivity index (χ3n) is 1.69. The number of hydrogen-bond donors (Lipinski definition) is 1. The summed E-state index contributed by atoms with van der Waals surface area (Å²) in [5.74, 6) is 0. The number of rotatable bonds is 0. The summed E-state index contributed by atoms with van der Waals surface area (Å²) in [5.41, 5.74) is 7.30. The van der Waals surface area contributed by atoms with Crippen molar-refractivity contribution in [2.24, 2.45) is 0 Å². The molecule has 0 atom stereocenters. The molecule has 0 unspecified atom stereocenters. The lowest BCUT2D eigenvalue weighted by Crippen LogP contribution is -1.92.